The number of rotatable bonds is 5. The maximum atomic E-state index is 6.00. The minimum absolute atomic E-state index is 0.288. The Labute approximate surface area is 92.4 Å². The molecule has 84 valence electrons. The van der Waals surface area contributed by atoms with Crippen molar-refractivity contribution in [3.8, 4) is 5.75 Å². The fraction of sp³-hybridized carbons (Fsp3) is 0.538. The van der Waals surface area contributed by atoms with Crippen LogP contribution in [0.15, 0.2) is 24.3 Å². The molecule has 0 radical (unpaired) electrons. The lowest BCUT2D eigenvalue weighted by Crippen LogP contribution is -2.26. The van der Waals surface area contributed by atoms with Crippen LogP contribution in [0.4, 0.5) is 0 Å². The predicted octanol–water partition coefficient (Wildman–Crippen LogP) is 2.61. The van der Waals surface area contributed by atoms with Gasteiger partial charge in [-0.25, -0.2) is 0 Å². The standard InChI is InChI=1S/C13H21NO/c1-10(2)13(14)8-7-11-5-4-6-12(9-11)15-3/h4-6,9-10,13H,7-8,14H2,1-3H3. The van der Waals surface area contributed by atoms with Gasteiger partial charge in [-0.05, 0) is 36.5 Å². The first-order valence-corrected chi connectivity index (χ1v) is 5.52. The zero-order valence-corrected chi connectivity index (χ0v) is 9.86. The van der Waals surface area contributed by atoms with Gasteiger partial charge >= 0.3 is 0 Å². The van der Waals surface area contributed by atoms with Crippen LogP contribution in [-0.4, -0.2) is 13.2 Å². The molecule has 0 aliphatic carbocycles. The Morgan fingerprint density at radius 1 is 1.33 bits per heavy atom. The second kappa shape index (κ2) is 5.76. The minimum Gasteiger partial charge on any atom is -0.497 e. The highest BCUT2D eigenvalue weighted by atomic mass is 16.5. The monoisotopic (exact) mass is 207 g/mol. The van der Waals surface area contributed by atoms with Crippen molar-refractivity contribution < 1.29 is 4.74 Å². The van der Waals surface area contributed by atoms with Crippen molar-refractivity contribution in [3.05, 3.63) is 29.8 Å². The van der Waals surface area contributed by atoms with Crippen molar-refractivity contribution in [2.45, 2.75) is 32.7 Å². The van der Waals surface area contributed by atoms with E-state index in [1.165, 1.54) is 5.56 Å². The zero-order valence-electron chi connectivity index (χ0n) is 9.86. The van der Waals surface area contributed by atoms with Gasteiger partial charge in [-0.1, -0.05) is 26.0 Å². The van der Waals surface area contributed by atoms with Gasteiger partial charge in [0.1, 0.15) is 5.75 Å². The quantitative estimate of drug-likeness (QED) is 0.805. The third kappa shape index (κ3) is 3.92. The second-order valence-corrected chi connectivity index (χ2v) is 4.30. The fourth-order valence-electron chi connectivity index (χ4n) is 1.49. The fourth-order valence-corrected chi connectivity index (χ4v) is 1.49. The summed E-state index contributed by atoms with van der Waals surface area (Å²) >= 11 is 0. The van der Waals surface area contributed by atoms with E-state index in [1.54, 1.807) is 7.11 Å². The average Bonchev–Trinajstić information content (AvgIpc) is 2.26. The molecule has 0 saturated heterocycles. The lowest BCUT2D eigenvalue weighted by molar-refractivity contribution is 0.413. The van der Waals surface area contributed by atoms with Gasteiger partial charge in [0.15, 0.2) is 0 Å². The van der Waals surface area contributed by atoms with Crippen LogP contribution in [0, 0.1) is 5.92 Å². The van der Waals surface area contributed by atoms with E-state index in [9.17, 15) is 0 Å². The first-order valence-electron chi connectivity index (χ1n) is 5.52. The van der Waals surface area contributed by atoms with Gasteiger partial charge < -0.3 is 10.5 Å². The lowest BCUT2D eigenvalue weighted by Gasteiger charge is -2.15. The summed E-state index contributed by atoms with van der Waals surface area (Å²) in [7, 11) is 1.69. The Hall–Kier alpha value is -1.02. The third-order valence-corrected chi connectivity index (χ3v) is 2.76. The molecule has 2 N–H and O–H groups in total. The van der Waals surface area contributed by atoms with Crippen molar-refractivity contribution in [2.24, 2.45) is 11.7 Å². The summed E-state index contributed by atoms with van der Waals surface area (Å²) in [5, 5.41) is 0. The van der Waals surface area contributed by atoms with Crippen molar-refractivity contribution >= 4 is 0 Å². The zero-order chi connectivity index (χ0) is 11.3. The summed E-state index contributed by atoms with van der Waals surface area (Å²) in [6.07, 6.45) is 2.06. The Balaban J connectivity index is 2.50. The van der Waals surface area contributed by atoms with E-state index in [4.69, 9.17) is 10.5 Å². The Bertz CT molecular complexity index is 296. The molecule has 15 heavy (non-hydrogen) atoms. The highest BCUT2D eigenvalue weighted by Crippen LogP contribution is 2.15. The third-order valence-electron chi connectivity index (χ3n) is 2.76. The van der Waals surface area contributed by atoms with Crippen LogP contribution in [0.1, 0.15) is 25.8 Å². The van der Waals surface area contributed by atoms with E-state index in [0.717, 1.165) is 18.6 Å². The number of hydrogen-bond acceptors (Lipinski definition) is 2. The molecule has 0 amide bonds. The molecule has 0 spiro atoms. The molecule has 0 fully saturated rings. The minimum atomic E-state index is 0.288. The van der Waals surface area contributed by atoms with Crippen LogP contribution < -0.4 is 10.5 Å². The Kier molecular flexibility index (Phi) is 4.63. The van der Waals surface area contributed by atoms with Crippen molar-refractivity contribution in [2.75, 3.05) is 7.11 Å². The van der Waals surface area contributed by atoms with Gasteiger partial charge in [0, 0.05) is 6.04 Å². The Morgan fingerprint density at radius 2 is 2.07 bits per heavy atom. The normalized spacial score (nSPS) is 12.9. The summed E-state index contributed by atoms with van der Waals surface area (Å²) in [6, 6.07) is 8.47. The molecule has 0 saturated carbocycles. The summed E-state index contributed by atoms with van der Waals surface area (Å²) in [5.41, 5.74) is 7.30. The summed E-state index contributed by atoms with van der Waals surface area (Å²) in [6.45, 7) is 4.33. The number of benzene rings is 1. The lowest BCUT2D eigenvalue weighted by atomic mass is 9.97. The summed E-state index contributed by atoms with van der Waals surface area (Å²) in [5.74, 6) is 1.47. The maximum absolute atomic E-state index is 6.00. The van der Waals surface area contributed by atoms with Gasteiger partial charge in [-0.15, -0.1) is 0 Å². The van der Waals surface area contributed by atoms with Gasteiger partial charge in [0.05, 0.1) is 7.11 Å². The van der Waals surface area contributed by atoms with Crippen LogP contribution in [0.3, 0.4) is 0 Å². The largest absolute Gasteiger partial charge is 0.497 e. The number of aryl methyl sites for hydroxylation is 1. The van der Waals surface area contributed by atoms with Crippen LogP contribution in [0.5, 0.6) is 5.75 Å². The molecule has 1 rings (SSSR count). The van der Waals surface area contributed by atoms with Crippen LogP contribution in [-0.2, 0) is 6.42 Å². The van der Waals surface area contributed by atoms with Crippen LogP contribution in [0.2, 0.25) is 0 Å². The molecule has 2 heteroatoms. The molecule has 1 aromatic rings. The van der Waals surface area contributed by atoms with Crippen molar-refractivity contribution in [1.29, 1.82) is 0 Å². The van der Waals surface area contributed by atoms with E-state index < -0.39 is 0 Å². The molecule has 0 heterocycles. The Morgan fingerprint density at radius 3 is 2.67 bits per heavy atom. The van der Waals surface area contributed by atoms with Crippen LogP contribution >= 0.6 is 0 Å². The smallest absolute Gasteiger partial charge is 0.119 e. The summed E-state index contributed by atoms with van der Waals surface area (Å²) < 4.78 is 5.18. The predicted molar refractivity (Wildman–Crippen MR) is 64.1 cm³/mol. The van der Waals surface area contributed by atoms with Gasteiger partial charge in [0.2, 0.25) is 0 Å². The van der Waals surface area contributed by atoms with Crippen LogP contribution in [0.25, 0.3) is 0 Å². The second-order valence-electron chi connectivity index (χ2n) is 4.30. The van der Waals surface area contributed by atoms with Crippen molar-refractivity contribution in [3.63, 3.8) is 0 Å². The highest BCUT2D eigenvalue weighted by molar-refractivity contribution is 5.28. The topological polar surface area (TPSA) is 35.2 Å². The molecule has 2 nitrogen and oxygen atoms in total. The van der Waals surface area contributed by atoms with E-state index in [-0.39, 0.29) is 6.04 Å². The number of ether oxygens (including phenoxy) is 1. The number of nitrogens with two attached hydrogens (primary N) is 1. The SMILES string of the molecule is COc1cccc(CCC(N)C(C)C)c1. The first kappa shape index (κ1) is 12.1. The maximum Gasteiger partial charge on any atom is 0.119 e. The summed E-state index contributed by atoms with van der Waals surface area (Å²) in [4.78, 5) is 0. The molecule has 1 aromatic carbocycles. The molecule has 0 bridgehead atoms. The van der Waals surface area contributed by atoms with Gasteiger partial charge in [-0.3, -0.25) is 0 Å². The van der Waals surface area contributed by atoms with Gasteiger partial charge in [0.25, 0.3) is 0 Å². The number of hydrogen-bond donors (Lipinski definition) is 1. The molecule has 1 unspecified atom stereocenters. The highest BCUT2D eigenvalue weighted by Gasteiger charge is 2.07. The molecule has 0 aliphatic rings. The molecule has 0 aliphatic heterocycles. The van der Waals surface area contributed by atoms with E-state index in [1.807, 2.05) is 12.1 Å². The first-order chi connectivity index (χ1) is 7.13. The number of methoxy groups -OCH3 is 1. The van der Waals surface area contributed by atoms with Crippen molar-refractivity contribution in [1.82, 2.24) is 0 Å². The van der Waals surface area contributed by atoms with E-state index in [2.05, 4.69) is 26.0 Å². The molecular weight excluding hydrogens is 186 g/mol. The molecule has 0 aromatic heterocycles. The van der Waals surface area contributed by atoms with E-state index >= 15 is 0 Å². The van der Waals surface area contributed by atoms with E-state index in [0.29, 0.717) is 5.92 Å². The molecular formula is C13H21NO. The molecule has 1 atom stereocenters. The average molecular weight is 207 g/mol. The van der Waals surface area contributed by atoms with Gasteiger partial charge in [-0.2, -0.15) is 0 Å².